The van der Waals surface area contributed by atoms with Gasteiger partial charge in [0, 0.05) is 16.7 Å². The molecule has 2 aromatic carbocycles. The molecule has 0 radical (unpaired) electrons. The fourth-order valence-electron chi connectivity index (χ4n) is 3.94. The van der Waals surface area contributed by atoms with E-state index in [2.05, 4.69) is 20.6 Å². The van der Waals surface area contributed by atoms with Gasteiger partial charge in [-0.25, -0.2) is 9.98 Å². The molecule has 0 fully saturated rings. The molecule has 2 heterocycles. The number of nitrogens with zero attached hydrogens (tertiary/aromatic N) is 4. The van der Waals surface area contributed by atoms with Crippen LogP contribution in [0.25, 0.3) is 0 Å². The van der Waals surface area contributed by atoms with Gasteiger partial charge in [0.15, 0.2) is 17.7 Å². The molecule has 6 N–H and O–H groups in total. The number of pyridine rings is 1. The molecule has 3 aromatic rings. The standard InChI is InChI=1S/C25H22N8O4/c1-35-17-5-3-13(10-34)7-15(17)11-37-18-6-4-14(8-19(18)36-2)22-20-21(28)16(9-26)23(29)32-24(20)33-25(31-22)30-12-27/h3-8,10,22H,11H2,1-2H3,(H6,28,29,30,31,32,33). The van der Waals surface area contributed by atoms with Crippen molar-refractivity contribution < 1.29 is 19.0 Å². The van der Waals surface area contributed by atoms with Gasteiger partial charge in [0.05, 0.1) is 19.9 Å². The summed E-state index contributed by atoms with van der Waals surface area (Å²) < 4.78 is 16.9. The number of nitriles is 2. The molecule has 12 heteroatoms. The molecule has 0 aliphatic carbocycles. The molecule has 0 spiro atoms. The molecule has 0 saturated carbocycles. The minimum absolute atomic E-state index is 0.0378. The molecule has 37 heavy (non-hydrogen) atoms. The Morgan fingerprint density at radius 3 is 2.54 bits per heavy atom. The number of hydrogen-bond donors (Lipinski definition) is 4. The molecule has 1 aliphatic heterocycles. The van der Waals surface area contributed by atoms with Gasteiger partial charge in [0.1, 0.15) is 48.0 Å². The number of carbonyl (C=O) groups is 1. The monoisotopic (exact) mass is 498 g/mol. The average molecular weight is 499 g/mol. The highest BCUT2D eigenvalue weighted by molar-refractivity contribution is 5.98. The molecular formula is C25H22N8O4. The number of benzene rings is 2. The average Bonchev–Trinajstić information content (AvgIpc) is 2.91. The maximum atomic E-state index is 11.2. The van der Waals surface area contributed by atoms with Crippen LogP contribution in [0.3, 0.4) is 0 Å². The number of rotatable bonds is 7. The van der Waals surface area contributed by atoms with Crippen LogP contribution >= 0.6 is 0 Å². The summed E-state index contributed by atoms with van der Waals surface area (Å²) in [5, 5.41) is 23.9. The van der Waals surface area contributed by atoms with Crippen molar-refractivity contribution >= 4 is 29.6 Å². The Morgan fingerprint density at radius 2 is 1.86 bits per heavy atom. The van der Waals surface area contributed by atoms with E-state index in [9.17, 15) is 10.1 Å². The number of aldehydes is 1. The number of carbonyl (C=O) groups excluding carboxylic acids is 1. The number of nitrogens with one attached hydrogen (secondary N) is 2. The van der Waals surface area contributed by atoms with E-state index >= 15 is 0 Å². The Bertz CT molecular complexity index is 1490. The first-order valence-electron chi connectivity index (χ1n) is 10.9. The van der Waals surface area contributed by atoms with Gasteiger partial charge in [0.2, 0.25) is 5.96 Å². The van der Waals surface area contributed by atoms with Crippen LogP contribution in [-0.2, 0) is 6.61 Å². The van der Waals surface area contributed by atoms with E-state index in [-0.39, 0.29) is 35.5 Å². The Labute approximate surface area is 212 Å². The summed E-state index contributed by atoms with van der Waals surface area (Å²) in [6, 6.07) is 11.4. The number of guanidine groups is 1. The maximum Gasteiger partial charge on any atom is 0.211 e. The SMILES string of the molecule is COc1ccc(C=O)cc1COc1ccc(C2N=C(NC#N)Nc3nc(N)c(C#N)c(N)c32)cc1OC. The minimum Gasteiger partial charge on any atom is -0.496 e. The second-order valence-electron chi connectivity index (χ2n) is 7.79. The number of aromatic nitrogens is 1. The van der Waals surface area contributed by atoms with Crippen molar-refractivity contribution in [2.75, 3.05) is 31.0 Å². The highest BCUT2D eigenvalue weighted by Crippen LogP contribution is 2.42. The fourth-order valence-corrected chi connectivity index (χ4v) is 3.94. The van der Waals surface area contributed by atoms with Crippen LogP contribution in [0.2, 0.25) is 0 Å². The van der Waals surface area contributed by atoms with Gasteiger partial charge < -0.3 is 31.0 Å². The predicted molar refractivity (Wildman–Crippen MR) is 135 cm³/mol. The second kappa shape index (κ2) is 10.4. The number of fused-ring (bicyclic) bond motifs is 1. The molecule has 0 saturated heterocycles. The van der Waals surface area contributed by atoms with Crippen LogP contribution < -0.4 is 36.3 Å². The third-order valence-electron chi connectivity index (χ3n) is 5.68. The van der Waals surface area contributed by atoms with E-state index in [0.717, 1.165) is 6.29 Å². The minimum atomic E-state index is -0.736. The zero-order chi connectivity index (χ0) is 26.5. The van der Waals surface area contributed by atoms with Crippen LogP contribution in [0.4, 0.5) is 17.3 Å². The normalized spacial score (nSPS) is 13.6. The van der Waals surface area contributed by atoms with Gasteiger partial charge in [-0.15, -0.1) is 0 Å². The molecule has 0 amide bonds. The highest BCUT2D eigenvalue weighted by Gasteiger charge is 2.30. The van der Waals surface area contributed by atoms with Gasteiger partial charge >= 0.3 is 0 Å². The first-order valence-corrected chi connectivity index (χ1v) is 10.9. The first kappa shape index (κ1) is 24.6. The fraction of sp³-hybridized carbons (Fsp3) is 0.160. The molecule has 12 nitrogen and oxygen atoms in total. The lowest BCUT2D eigenvalue weighted by Gasteiger charge is -2.26. The zero-order valence-electron chi connectivity index (χ0n) is 19.9. The largest absolute Gasteiger partial charge is 0.496 e. The maximum absolute atomic E-state index is 11.2. The summed E-state index contributed by atoms with van der Waals surface area (Å²) in [4.78, 5) is 20.0. The third-order valence-corrected chi connectivity index (χ3v) is 5.68. The molecule has 186 valence electrons. The molecule has 1 aliphatic rings. The third kappa shape index (κ3) is 4.72. The molecule has 1 atom stereocenters. The van der Waals surface area contributed by atoms with Crippen molar-refractivity contribution in [3.63, 3.8) is 0 Å². The van der Waals surface area contributed by atoms with E-state index in [1.54, 1.807) is 36.4 Å². The van der Waals surface area contributed by atoms with Crippen molar-refractivity contribution in [3.8, 4) is 29.5 Å². The van der Waals surface area contributed by atoms with Gasteiger partial charge in [-0.1, -0.05) is 6.07 Å². The Hall–Kier alpha value is -5.49. The summed E-state index contributed by atoms with van der Waals surface area (Å²) in [6.07, 6.45) is 2.56. The number of nitrogens with two attached hydrogens (primary N) is 2. The Kier molecular flexibility index (Phi) is 6.93. The molecular weight excluding hydrogens is 476 g/mol. The first-order chi connectivity index (χ1) is 17.9. The van der Waals surface area contributed by atoms with Crippen LogP contribution in [0.5, 0.6) is 17.2 Å². The molecule has 1 unspecified atom stereocenters. The van der Waals surface area contributed by atoms with E-state index in [0.29, 0.717) is 39.5 Å². The van der Waals surface area contributed by atoms with E-state index in [1.807, 2.05) is 12.3 Å². The lowest BCUT2D eigenvalue weighted by molar-refractivity contribution is 0.112. The highest BCUT2D eigenvalue weighted by atomic mass is 16.5. The quantitative estimate of drug-likeness (QED) is 0.212. The second-order valence-corrected chi connectivity index (χ2v) is 7.79. The Morgan fingerprint density at radius 1 is 1.11 bits per heavy atom. The van der Waals surface area contributed by atoms with Crippen molar-refractivity contribution in [3.05, 3.63) is 64.2 Å². The van der Waals surface area contributed by atoms with Gasteiger partial charge in [-0.05, 0) is 35.9 Å². The number of nitrogen functional groups attached to an aromatic ring is 2. The van der Waals surface area contributed by atoms with Crippen molar-refractivity contribution in [2.24, 2.45) is 4.99 Å². The van der Waals surface area contributed by atoms with Crippen LogP contribution in [0, 0.1) is 22.8 Å². The number of ether oxygens (including phenoxy) is 3. The van der Waals surface area contributed by atoms with Gasteiger partial charge in [-0.2, -0.15) is 10.5 Å². The van der Waals surface area contributed by atoms with Crippen molar-refractivity contribution in [1.29, 1.82) is 10.5 Å². The smallest absolute Gasteiger partial charge is 0.211 e. The van der Waals surface area contributed by atoms with Crippen LogP contribution in [0.15, 0.2) is 41.4 Å². The van der Waals surface area contributed by atoms with Gasteiger partial charge in [-0.3, -0.25) is 10.1 Å². The number of aliphatic imine (C=N–C) groups is 1. The lowest BCUT2D eigenvalue weighted by Crippen LogP contribution is -2.32. The van der Waals surface area contributed by atoms with Crippen LogP contribution in [-0.4, -0.2) is 31.4 Å². The van der Waals surface area contributed by atoms with Crippen molar-refractivity contribution in [2.45, 2.75) is 12.6 Å². The Balaban J connectivity index is 1.72. The molecule has 0 bridgehead atoms. The summed E-state index contributed by atoms with van der Waals surface area (Å²) >= 11 is 0. The lowest BCUT2D eigenvalue weighted by atomic mass is 9.95. The summed E-state index contributed by atoms with van der Waals surface area (Å²) in [6.45, 7) is 0.118. The van der Waals surface area contributed by atoms with Gasteiger partial charge in [0.25, 0.3) is 0 Å². The van der Waals surface area contributed by atoms with E-state index < -0.39 is 6.04 Å². The van der Waals surface area contributed by atoms with Crippen molar-refractivity contribution in [1.82, 2.24) is 10.3 Å². The topological polar surface area (TPSA) is 194 Å². The molecule has 1 aromatic heterocycles. The summed E-state index contributed by atoms with van der Waals surface area (Å²) in [5.41, 5.74) is 14.6. The number of hydrogen-bond acceptors (Lipinski definition) is 12. The number of methoxy groups -OCH3 is 2. The van der Waals surface area contributed by atoms with E-state index in [4.69, 9.17) is 30.9 Å². The molecule has 4 rings (SSSR count). The summed E-state index contributed by atoms with van der Waals surface area (Å²) in [5.74, 6) is 1.77. The summed E-state index contributed by atoms with van der Waals surface area (Å²) in [7, 11) is 3.03. The predicted octanol–water partition coefficient (Wildman–Crippen LogP) is 2.47. The van der Waals surface area contributed by atoms with Crippen LogP contribution in [0.1, 0.15) is 38.7 Å². The van der Waals surface area contributed by atoms with E-state index in [1.165, 1.54) is 14.2 Å². The zero-order valence-corrected chi connectivity index (χ0v) is 19.9. The number of anilines is 3.